The molecule has 36 heavy (non-hydrogen) atoms. The monoisotopic (exact) mass is 506 g/mol. The number of amides is 2. The van der Waals surface area contributed by atoms with E-state index in [0.29, 0.717) is 24.9 Å². The molecule has 0 aliphatic heterocycles. The van der Waals surface area contributed by atoms with Crippen molar-refractivity contribution < 1.29 is 33.4 Å². The fourth-order valence-electron chi connectivity index (χ4n) is 3.52. The topological polar surface area (TPSA) is 168 Å². The van der Waals surface area contributed by atoms with Crippen LogP contribution in [0, 0.1) is 11.6 Å². The summed E-state index contributed by atoms with van der Waals surface area (Å²) in [6.07, 6.45) is -0.178. The van der Waals surface area contributed by atoms with Crippen LogP contribution in [0.1, 0.15) is 40.7 Å². The van der Waals surface area contributed by atoms with Crippen molar-refractivity contribution in [3.8, 4) is 0 Å². The van der Waals surface area contributed by atoms with Gasteiger partial charge in [0.25, 0.3) is 0 Å². The van der Waals surface area contributed by atoms with Gasteiger partial charge >= 0.3 is 5.97 Å². The van der Waals surface area contributed by atoms with Gasteiger partial charge in [-0.05, 0) is 67.1 Å². The highest BCUT2D eigenvalue weighted by Crippen LogP contribution is 2.12. The van der Waals surface area contributed by atoms with Crippen LogP contribution in [0.4, 0.5) is 8.78 Å². The zero-order chi connectivity index (χ0) is 26.7. The summed E-state index contributed by atoms with van der Waals surface area (Å²) in [5.74, 6) is -3.14. The number of carbonyl (C=O) groups excluding carboxylic acids is 2. The van der Waals surface area contributed by atoms with Gasteiger partial charge in [0.2, 0.25) is 11.8 Å². The minimum atomic E-state index is -1.44. The van der Waals surface area contributed by atoms with E-state index in [1.807, 2.05) is 0 Å². The Morgan fingerprint density at radius 1 is 0.917 bits per heavy atom. The lowest BCUT2D eigenvalue weighted by molar-refractivity contribution is -0.130. The van der Waals surface area contributed by atoms with Gasteiger partial charge < -0.3 is 32.3 Å². The largest absolute Gasteiger partial charge is 0.478 e. The van der Waals surface area contributed by atoms with Crippen molar-refractivity contribution in [1.29, 1.82) is 0 Å². The van der Waals surface area contributed by atoms with Crippen LogP contribution in [-0.2, 0) is 22.4 Å². The van der Waals surface area contributed by atoms with Crippen LogP contribution in [0.3, 0.4) is 0 Å². The predicted molar refractivity (Wildman–Crippen MR) is 129 cm³/mol. The normalized spacial score (nSPS) is 13.5. The molecule has 2 amide bonds. The molecular formula is C25H32F2N4O5. The van der Waals surface area contributed by atoms with Crippen molar-refractivity contribution in [2.24, 2.45) is 11.5 Å². The van der Waals surface area contributed by atoms with E-state index in [1.54, 1.807) is 12.1 Å². The van der Waals surface area contributed by atoms with E-state index in [0.717, 1.165) is 18.2 Å². The second-order valence-corrected chi connectivity index (χ2v) is 8.57. The number of carbonyl (C=O) groups is 3. The second-order valence-electron chi connectivity index (χ2n) is 8.57. The Bertz CT molecular complexity index is 1040. The highest BCUT2D eigenvalue weighted by molar-refractivity contribution is 5.87. The quantitative estimate of drug-likeness (QED) is 0.207. The Labute approximate surface area is 207 Å². The number of hydrogen-bond acceptors (Lipinski definition) is 6. The summed E-state index contributed by atoms with van der Waals surface area (Å²) in [5, 5.41) is 24.3. The molecule has 0 radical (unpaired) electrons. The standard InChI is InChI=1S/C25H32F2N4O5/c26-18-7-8-20(27)17(12-18)13-19(28)14-22(32)30-9-1-2-10-31-24(34)23(33)21(29)11-15-3-5-16(6-4-15)25(35)36/h3-8,12,19,21,23,33H,1-2,9-11,13-14,28-29H2,(H,30,32)(H,31,34)(H,35,36)/t19?,21-,23+/m1/s1. The van der Waals surface area contributed by atoms with Crippen molar-refractivity contribution in [3.05, 3.63) is 70.8 Å². The van der Waals surface area contributed by atoms with Gasteiger partial charge in [-0.25, -0.2) is 13.6 Å². The number of aliphatic hydroxyl groups is 1. The van der Waals surface area contributed by atoms with Crippen molar-refractivity contribution in [2.45, 2.75) is 50.3 Å². The molecule has 1 unspecified atom stereocenters. The van der Waals surface area contributed by atoms with Crippen LogP contribution in [0.5, 0.6) is 0 Å². The van der Waals surface area contributed by atoms with E-state index in [2.05, 4.69) is 10.6 Å². The van der Waals surface area contributed by atoms with Crippen LogP contribution in [0.15, 0.2) is 42.5 Å². The lowest BCUT2D eigenvalue weighted by Crippen LogP contribution is -2.47. The van der Waals surface area contributed by atoms with Crippen LogP contribution in [0.25, 0.3) is 0 Å². The number of carboxylic acid groups (broad SMARTS) is 1. The Morgan fingerprint density at radius 2 is 1.56 bits per heavy atom. The number of nitrogens with two attached hydrogens (primary N) is 2. The number of unbranched alkanes of at least 4 members (excludes halogenated alkanes) is 1. The summed E-state index contributed by atoms with van der Waals surface area (Å²) in [6, 6.07) is 7.56. The fraction of sp³-hybridized carbons (Fsp3) is 0.400. The molecule has 0 aliphatic rings. The number of halogens is 2. The smallest absolute Gasteiger partial charge is 0.335 e. The van der Waals surface area contributed by atoms with Crippen molar-refractivity contribution in [3.63, 3.8) is 0 Å². The zero-order valence-corrected chi connectivity index (χ0v) is 19.8. The summed E-state index contributed by atoms with van der Waals surface area (Å²) in [5.41, 5.74) is 12.7. The lowest BCUT2D eigenvalue weighted by Gasteiger charge is -2.18. The summed E-state index contributed by atoms with van der Waals surface area (Å²) in [6.45, 7) is 0.605. The zero-order valence-electron chi connectivity index (χ0n) is 19.8. The predicted octanol–water partition coefficient (Wildman–Crippen LogP) is 0.866. The molecule has 9 nitrogen and oxygen atoms in total. The molecule has 2 aromatic carbocycles. The van der Waals surface area contributed by atoms with E-state index >= 15 is 0 Å². The Morgan fingerprint density at radius 3 is 2.19 bits per heavy atom. The van der Waals surface area contributed by atoms with E-state index in [-0.39, 0.29) is 42.8 Å². The van der Waals surface area contributed by atoms with Crippen LogP contribution < -0.4 is 22.1 Å². The average molecular weight is 507 g/mol. The molecule has 8 N–H and O–H groups in total. The molecule has 0 aromatic heterocycles. The maximum atomic E-state index is 13.7. The van der Waals surface area contributed by atoms with Crippen LogP contribution >= 0.6 is 0 Å². The van der Waals surface area contributed by atoms with Gasteiger partial charge in [-0.15, -0.1) is 0 Å². The van der Waals surface area contributed by atoms with Crippen LogP contribution in [-0.4, -0.2) is 59.3 Å². The molecule has 2 rings (SSSR count). The third kappa shape index (κ3) is 9.68. The summed E-state index contributed by atoms with van der Waals surface area (Å²) >= 11 is 0. The number of rotatable bonds is 14. The Hall–Kier alpha value is -3.41. The molecule has 0 saturated carbocycles. The highest BCUT2D eigenvalue weighted by atomic mass is 19.1. The third-order valence-electron chi connectivity index (χ3n) is 5.51. The molecule has 0 bridgehead atoms. The minimum Gasteiger partial charge on any atom is -0.478 e. The fourth-order valence-corrected chi connectivity index (χ4v) is 3.52. The SMILES string of the molecule is NC(CC(=O)NCCCCNC(=O)[C@@H](O)[C@H](N)Cc1ccc(C(=O)O)cc1)Cc1cc(F)ccc1F. The Balaban J connectivity index is 1.60. The molecule has 11 heteroatoms. The summed E-state index contributed by atoms with van der Waals surface area (Å²) in [4.78, 5) is 35.0. The summed E-state index contributed by atoms with van der Waals surface area (Å²) < 4.78 is 26.9. The van der Waals surface area contributed by atoms with Gasteiger partial charge in [0, 0.05) is 31.6 Å². The lowest BCUT2D eigenvalue weighted by atomic mass is 10.0. The van der Waals surface area contributed by atoms with Crippen LogP contribution in [0.2, 0.25) is 0 Å². The van der Waals surface area contributed by atoms with Crippen molar-refractivity contribution in [2.75, 3.05) is 13.1 Å². The van der Waals surface area contributed by atoms with Crippen molar-refractivity contribution >= 4 is 17.8 Å². The number of nitrogens with one attached hydrogen (secondary N) is 2. The maximum absolute atomic E-state index is 13.7. The van der Waals surface area contributed by atoms with Gasteiger partial charge in [0.15, 0.2) is 0 Å². The average Bonchev–Trinajstić information content (AvgIpc) is 2.83. The second kappa shape index (κ2) is 14.2. The first-order valence-corrected chi connectivity index (χ1v) is 11.6. The van der Waals surface area contributed by atoms with E-state index < -0.39 is 41.7 Å². The number of aliphatic hydroxyl groups excluding tert-OH is 1. The molecule has 0 aliphatic carbocycles. The molecular weight excluding hydrogens is 474 g/mol. The first kappa shape index (κ1) is 28.8. The molecule has 3 atom stereocenters. The van der Waals surface area contributed by atoms with Gasteiger partial charge in [0.05, 0.1) is 5.56 Å². The molecule has 0 saturated heterocycles. The van der Waals surface area contributed by atoms with Gasteiger partial charge in [-0.3, -0.25) is 9.59 Å². The molecule has 0 fully saturated rings. The first-order chi connectivity index (χ1) is 17.1. The number of hydrogen-bond donors (Lipinski definition) is 6. The minimum absolute atomic E-state index is 0.0289. The number of carboxylic acids is 1. The van der Waals surface area contributed by atoms with E-state index in [9.17, 15) is 28.3 Å². The van der Waals surface area contributed by atoms with Gasteiger partial charge in [-0.2, -0.15) is 0 Å². The Kier molecular flexibility index (Phi) is 11.4. The van der Waals surface area contributed by atoms with Gasteiger partial charge in [0.1, 0.15) is 17.7 Å². The van der Waals surface area contributed by atoms with E-state index in [1.165, 1.54) is 12.1 Å². The number of aromatic carboxylic acids is 1. The number of benzene rings is 2. The first-order valence-electron chi connectivity index (χ1n) is 11.6. The molecule has 0 heterocycles. The summed E-state index contributed by atoms with van der Waals surface area (Å²) in [7, 11) is 0. The third-order valence-corrected chi connectivity index (χ3v) is 5.51. The molecule has 196 valence electrons. The maximum Gasteiger partial charge on any atom is 0.335 e. The highest BCUT2D eigenvalue weighted by Gasteiger charge is 2.23. The van der Waals surface area contributed by atoms with E-state index in [4.69, 9.17) is 16.6 Å². The molecule has 0 spiro atoms. The molecule has 2 aromatic rings. The van der Waals surface area contributed by atoms with Gasteiger partial charge in [-0.1, -0.05) is 12.1 Å². The van der Waals surface area contributed by atoms with Crippen molar-refractivity contribution in [1.82, 2.24) is 10.6 Å².